The van der Waals surface area contributed by atoms with E-state index in [0.29, 0.717) is 4.31 Å². The molecule has 9 nitrogen and oxygen atoms in total. The molecule has 0 aliphatic rings. The third kappa shape index (κ3) is 7.61. The van der Waals surface area contributed by atoms with Crippen LogP contribution in [-0.2, 0) is 38.6 Å². The van der Waals surface area contributed by atoms with E-state index in [9.17, 15) is 22.8 Å². The van der Waals surface area contributed by atoms with Crippen LogP contribution in [0.1, 0.15) is 12.8 Å². The highest BCUT2D eigenvalue weighted by Crippen LogP contribution is 2.06. The molecule has 0 fully saturated rings. The van der Waals surface area contributed by atoms with Gasteiger partial charge in [-0.15, -0.1) is 0 Å². The maximum Gasteiger partial charge on any atom is 0.321 e. The fraction of sp³-hybridized carbons (Fsp3) is 0.727. The number of sulfonamides is 1. The molecule has 0 bridgehead atoms. The molecule has 0 heterocycles. The highest BCUT2D eigenvalue weighted by atomic mass is 32.2. The van der Waals surface area contributed by atoms with Crippen molar-refractivity contribution in [2.24, 2.45) is 0 Å². The lowest BCUT2D eigenvalue weighted by Gasteiger charge is -2.19. The highest BCUT2D eigenvalue weighted by Gasteiger charge is 2.27. The maximum absolute atomic E-state index is 12.1. The van der Waals surface area contributed by atoms with Crippen molar-refractivity contribution in [3.8, 4) is 0 Å². The summed E-state index contributed by atoms with van der Waals surface area (Å²) in [7, 11) is -0.521. The van der Waals surface area contributed by atoms with Gasteiger partial charge < -0.3 is 14.2 Å². The summed E-state index contributed by atoms with van der Waals surface area (Å²) < 4.78 is 37.9. The molecule has 0 spiro atoms. The number of carbonyl (C=O) groups excluding carboxylic acids is 3. The van der Waals surface area contributed by atoms with Crippen LogP contribution in [0.15, 0.2) is 0 Å². The van der Waals surface area contributed by atoms with Crippen molar-refractivity contribution in [1.29, 1.82) is 0 Å². The zero-order valence-electron chi connectivity index (χ0n) is 12.2. The zero-order valence-corrected chi connectivity index (χ0v) is 13.0. The summed E-state index contributed by atoms with van der Waals surface area (Å²) >= 11 is 0. The van der Waals surface area contributed by atoms with Gasteiger partial charge in [-0.05, 0) is 6.42 Å². The Kier molecular flexibility index (Phi) is 8.55. The van der Waals surface area contributed by atoms with Gasteiger partial charge in [-0.2, -0.15) is 4.31 Å². The third-order valence-corrected chi connectivity index (χ3v) is 4.32. The van der Waals surface area contributed by atoms with Gasteiger partial charge in [-0.3, -0.25) is 14.4 Å². The molecule has 21 heavy (non-hydrogen) atoms. The van der Waals surface area contributed by atoms with Crippen molar-refractivity contribution in [3.05, 3.63) is 0 Å². The van der Waals surface area contributed by atoms with Gasteiger partial charge in [0.25, 0.3) is 0 Å². The summed E-state index contributed by atoms with van der Waals surface area (Å²) in [6, 6.07) is 0. The maximum atomic E-state index is 12.1. The van der Waals surface area contributed by atoms with Crippen LogP contribution >= 0.6 is 0 Å². The van der Waals surface area contributed by atoms with E-state index in [2.05, 4.69) is 14.2 Å². The molecule has 0 amide bonds. The van der Waals surface area contributed by atoms with E-state index in [1.54, 1.807) is 0 Å². The first-order valence-corrected chi connectivity index (χ1v) is 7.56. The van der Waals surface area contributed by atoms with E-state index in [1.807, 2.05) is 0 Å². The molecule has 0 saturated heterocycles. The number of hydrogen-bond acceptors (Lipinski definition) is 8. The number of methoxy groups -OCH3 is 3. The van der Waals surface area contributed by atoms with Crippen LogP contribution in [0.2, 0.25) is 0 Å². The molecule has 0 aliphatic heterocycles. The largest absolute Gasteiger partial charge is 0.469 e. The predicted octanol–water partition coefficient (Wildman–Crippen LogP) is -1.08. The number of esters is 3. The van der Waals surface area contributed by atoms with Crippen LogP contribution in [0.5, 0.6) is 0 Å². The normalized spacial score (nSPS) is 11.0. The molecule has 0 aliphatic carbocycles. The van der Waals surface area contributed by atoms with Crippen molar-refractivity contribution < 1.29 is 37.0 Å². The van der Waals surface area contributed by atoms with Crippen molar-refractivity contribution in [2.75, 3.05) is 40.2 Å². The molecule has 0 unspecified atom stereocenters. The van der Waals surface area contributed by atoms with Gasteiger partial charge in [0, 0.05) is 6.42 Å². The Bertz CT molecular complexity index is 455. The smallest absolute Gasteiger partial charge is 0.321 e. The minimum absolute atomic E-state index is 0.00779. The average Bonchev–Trinajstić information content (AvgIpc) is 2.45. The highest BCUT2D eigenvalue weighted by molar-refractivity contribution is 7.89. The minimum Gasteiger partial charge on any atom is -0.469 e. The van der Waals surface area contributed by atoms with Gasteiger partial charge in [0.1, 0.15) is 13.1 Å². The molecule has 0 aromatic heterocycles. The Morgan fingerprint density at radius 2 is 1.29 bits per heavy atom. The SMILES string of the molecule is COC(=O)CCCS(=O)(=O)N(CC(=O)OC)CC(=O)OC. The van der Waals surface area contributed by atoms with E-state index in [-0.39, 0.29) is 12.8 Å². The molecular formula is C11H19NO8S. The van der Waals surface area contributed by atoms with Crippen LogP contribution in [0.4, 0.5) is 0 Å². The summed E-state index contributed by atoms with van der Waals surface area (Å²) in [5, 5.41) is 0. The molecule has 0 rings (SSSR count). The van der Waals surface area contributed by atoms with E-state index in [1.165, 1.54) is 7.11 Å². The molecule has 10 heteroatoms. The van der Waals surface area contributed by atoms with Crippen LogP contribution < -0.4 is 0 Å². The quantitative estimate of drug-likeness (QED) is 0.388. The van der Waals surface area contributed by atoms with E-state index < -0.39 is 46.8 Å². The van der Waals surface area contributed by atoms with Gasteiger partial charge in [-0.1, -0.05) is 0 Å². The fourth-order valence-corrected chi connectivity index (χ4v) is 2.67. The lowest BCUT2D eigenvalue weighted by atomic mass is 10.3. The Hall–Kier alpha value is -1.68. The summed E-state index contributed by atoms with van der Waals surface area (Å²) in [6.07, 6.45) is -0.0755. The van der Waals surface area contributed by atoms with Crippen molar-refractivity contribution in [2.45, 2.75) is 12.8 Å². The van der Waals surface area contributed by atoms with Gasteiger partial charge in [0.05, 0.1) is 27.1 Å². The second kappa shape index (κ2) is 9.29. The molecule has 0 N–H and O–H groups in total. The molecule has 122 valence electrons. The summed E-state index contributed by atoms with van der Waals surface area (Å²) in [5.74, 6) is -2.57. The molecular weight excluding hydrogens is 306 g/mol. The van der Waals surface area contributed by atoms with Gasteiger partial charge in [0.2, 0.25) is 10.0 Å². The van der Waals surface area contributed by atoms with E-state index >= 15 is 0 Å². The van der Waals surface area contributed by atoms with E-state index in [4.69, 9.17) is 0 Å². The topological polar surface area (TPSA) is 116 Å². The lowest BCUT2D eigenvalue weighted by Crippen LogP contribution is -2.41. The summed E-state index contributed by atoms with van der Waals surface area (Å²) in [6.45, 7) is -1.21. The van der Waals surface area contributed by atoms with Crippen molar-refractivity contribution in [3.63, 3.8) is 0 Å². The lowest BCUT2D eigenvalue weighted by molar-refractivity contribution is -0.144. The predicted molar refractivity (Wildman–Crippen MR) is 70.6 cm³/mol. The Morgan fingerprint density at radius 3 is 1.67 bits per heavy atom. The van der Waals surface area contributed by atoms with E-state index in [0.717, 1.165) is 14.2 Å². The third-order valence-electron chi connectivity index (χ3n) is 2.47. The fourth-order valence-electron chi connectivity index (χ4n) is 1.30. The number of carbonyl (C=O) groups is 3. The zero-order chi connectivity index (χ0) is 16.5. The molecule has 0 aromatic carbocycles. The minimum atomic E-state index is -3.91. The first-order chi connectivity index (χ1) is 9.76. The van der Waals surface area contributed by atoms with Crippen molar-refractivity contribution >= 4 is 27.9 Å². The molecule has 0 radical (unpaired) electrons. The standard InChI is InChI=1S/C11H19NO8S/c1-18-9(13)5-4-6-21(16,17)12(7-10(14)19-2)8-11(15)20-3/h4-8H2,1-3H3. The Labute approximate surface area is 123 Å². The number of nitrogens with zero attached hydrogens (tertiary/aromatic N) is 1. The van der Waals surface area contributed by atoms with Crippen molar-refractivity contribution in [1.82, 2.24) is 4.31 Å². The van der Waals surface area contributed by atoms with Gasteiger partial charge in [0.15, 0.2) is 0 Å². The van der Waals surface area contributed by atoms with Gasteiger partial charge >= 0.3 is 17.9 Å². The average molecular weight is 325 g/mol. The Morgan fingerprint density at radius 1 is 0.857 bits per heavy atom. The first kappa shape index (κ1) is 19.3. The van der Waals surface area contributed by atoms with Crippen LogP contribution in [0.25, 0.3) is 0 Å². The summed E-state index contributed by atoms with van der Waals surface area (Å²) in [5.41, 5.74) is 0. The van der Waals surface area contributed by atoms with Crippen LogP contribution in [0, 0.1) is 0 Å². The first-order valence-electron chi connectivity index (χ1n) is 5.95. The van der Waals surface area contributed by atoms with Crippen LogP contribution in [-0.4, -0.2) is 70.8 Å². The second-order valence-electron chi connectivity index (χ2n) is 3.92. The van der Waals surface area contributed by atoms with Crippen LogP contribution in [0.3, 0.4) is 0 Å². The number of rotatable bonds is 9. The number of hydrogen-bond donors (Lipinski definition) is 0. The summed E-state index contributed by atoms with van der Waals surface area (Å²) in [4.78, 5) is 33.4. The molecule has 0 aromatic rings. The Balaban J connectivity index is 4.80. The molecule has 0 saturated carbocycles. The molecule has 0 atom stereocenters. The van der Waals surface area contributed by atoms with Gasteiger partial charge in [-0.25, -0.2) is 8.42 Å². The monoisotopic (exact) mass is 325 g/mol. The second-order valence-corrected chi connectivity index (χ2v) is 6.00. The number of ether oxygens (including phenoxy) is 3.